The van der Waals surface area contributed by atoms with E-state index in [0.29, 0.717) is 12.5 Å². The SMILES string of the molecule is CC(CNC(=O)CNC(=O)CN)Cc1cccs1.Cl. The summed E-state index contributed by atoms with van der Waals surface area (Å²) in [5, 5.41) is 7.26. The van der Waals surface area contributed by atoms with Gasteiger partial charge in [0.2, 0.25) is 11.8 Å². The number of carbonyl (C=O) groups excluding carboxylic acids is 2. The molecule has 5 nitrogen and oxygen atoms in total. The van der Waals surface area contributed by atoms with Crippen LogP contribution in [-0.2, 0) is 16.0 Å². The van der Waals surface area contributed by atoms with Gasteiger partial charge in [-0.1, -0.05) is 13.0 Å². The molecule has 19 heavy (non-hydrogen) atoms. The first kappa shape index (κ1) is 17.9. The Morgan fingerprint density at radius 1 is 1.37 bits per heavy atom. The lowest BCUT2D eigenvalue weighted by molar-refractivity contribution is -0.125. The quantitative estimate of drug-likeness (QED) is 0.687. The molecule has 1 unspecified atom stereocenters. The first-order chi connectivity index (χ1) is 8.61. The Kier molecular flexibility index (Phi) is 9.20. The topological polar surface area (TPSA) is 84.2 Å². The van der Waals surface area contributed by atoms with Crippen molar-refractivity contribution >= 4 is 35.6 Å². The van der Waals surface area contributed by atoms with E-state index in [-0.39, 0.29) is 37.3 Å². The number of amides is 2. The first-order valence-electron chi connectivity index (χ1n) is 5.87. The molecular formula is C12H20ClN3O2S. The molecule has 1 aromatic rings. The predicted octanol–water partition coefficient (Wildman–Crippen LogP) is 0.540. The lowest BCUT2D eigenvalue weighted by Crippen LogP contribution is -2.40. The average Bonchev–Trinajstić information content (AvgIpc) is 2.86. The standard InChI is InChI=1S/C12H19N3O2S.ClH/c1-9(5-10-3-2-4-18-10)7-14-12(17)8-15-11(16)6-13;/h2-4,9H,5-8,13H2,1H3,(H,14,17)(H,15,16);1H. The van der Waals surface area contributed by atoms with Gasteiger partial charge in [0.1, 0.15) is 0 Å². The van der Waals surface area contributed by atoms with Gasteiger partial charge in [0.25, 0.3) is 0 Å². The van der Waals surface area contributed by atoms with E-state index in [4.69, 9.17) is 5.73 Å². The number of carbonyl (C=O) groups is 2. The van der Waals surface area contributed by atoms with Gasteiger partial charge in [-0.05, 0) is 23.8 Å². The minimum Gasteiger partial charge on any atom is -0.354 e. The average molecular weight is 306 g/mol. The van der Waals surface area contributed by atoms with E-state index in [9.17, 15) is 9.59 Å². The van der Waals surface area contributed by atoms with Crippen LogP contribution in [0.3, 0.4) is 0 Å². The van der Waals surface area contributed by atoms with E-state index < -0.39 is 0 Å². The normalized spacial score (nSPS) is 11.3. The largest absolute Gasteiger partial charge is 0.354 e. The Labute approximate surface area is 123 Å². The van der Waals surface area contributed by atoms with Crippen LogP contribution in [0.4, 0.5) is 0 Å². The molecule has 7 heteroatoms. The molecule has 1 heterocycles. The molecule has 0 saturated carbocycles. The zero-order valence-electron chi connectivity index (χ0n) is 10.8. The summed E-state index contributed by atoms with van der Waals surface area (Å²) in [5.74, 6) is -0.135. The van der Waals surface area contributed by atoms with Crippen molar-refractivity contribution in [2.75, 3.05) is 19.6 Å². The summed E-state index contributed by atoms with van der Waals surface area (Å²) in [6, 6.07) is 4.11. The second-order valence-electron chi connectivity index (χ2n) is 4.17. The molecule has 0 bridgehead atoms. The molecule has 0 spiro atoms. The zero-order chi connectivity index (χ0) is 13.4. The maximum absolute atomic E-state index is 11.4. The van der Waals surface area contributed by atoms with E-state index in [0.717, 1.165) is 6.42 Å². The summed E-state index contributed by atoms with van der Waals surface area (Å²) in [6.45, 7) is 2.58. The number of hydrogen-bond donors (Lipinski definition) is 3. The monoisotopic (exact) mass is 305 g/mol. The number of halogens is 1. The molecule has 0 aromatic carbocycles. The van der Waals surface area contributed by atoms with Crippen LogP contribution in [0.25, 0.3) is 0 Å². The number of nitrogens with one attached hydrogen (secondary N) is 2. The molecule has 0 aliphatic rings. The third kappa shape index (κ3) is 7.81. The number of hydrogen-bond acceptors (Lipinski definition) is 4. The second-order valence-corrected chi connectivity index (χ2v) is 5.21. The fourth-order valence-corrected chi connectivity index (χ4v) is 2.32. The Morgan fingerprint density at radius 3 is 2.68 bits per heavy atom. The van der Waals surface area contributed by atoms with Gasteiger partial charge >= 0.3 is 0 Å². The van der Waals surface area contributed by atoms with E-state index in [1.165, 1.54) is 4.88 Å². The fourth-order valence-electron chi connectivity index (χ4n) is 1.45. The van der Waals surface area contributed by atoms with Gasteiger partial charge < -0.3 is 16.4 Å². The van der Waals surface area contributed by atoms with Crippen LogP contribution in [0, 0.1) is 5.92 Å². The molecule has 0 aliphatic carbocycles. The highest BCUT2D eigenvalue weighted by Gasteiger charge is 2.08. The van der Waals surface area contributed by atoms with E-state index in [2.05, 4.69) is 23.6 Å². The van der Waals surface area contributed by atoms with E-state index in [1.54, 1.807) is 11.3 Å². The third-order valence-corrected chi connectivity index (χ3v) is 3.31. The van der Waals surface area contributed by atoms with E-state index >= 15 is 0 Å². The number of nitrogens with two attached hydrogens (primary N) is 1. The van der Waals surface area contributed by atoms with Crippen molar-refractivity contribution < 1.29 is 9.59 Å². The van der Waals surface area contributed by atoms with Crippen LogP contribution in [-0.4, -0.2) is 31.4 Å². The summed E-state index contributed by atoms with van der Waals surface area (Å²) in [5.41, 5.74) is 5.11. The smallest absolute Gasteiger partial charge is 0.239 e. The number of rotatable bonds is 7. The molecule has 1 atom stereocenters. The second kappa shape index (κ2) is 9.77. The Hall–Kier alpha value is -1.11. The van der Waals surface area contributed by atoms with Crippen molar-refractivity contribution in [1.29, 1.82) is 0 Å². The lowest BCUT2D eigenvalue weighted by atomic mass is 10.1. The summed E-state index contributed by atoms with van der Waals surface area (Å²) < 4.78 is 0. The van der Waals surface area contributed by atoms with Gasteiger partial charge in [0, 0.05) is 11.4 Å². The Balaban J connectivity index is 0.00000324. The van der Waals surface area contributed by atoms with Gasteiger partial charge in [-0.25, -0.2) is 0 Å². The molecule has 0 aliphatic heterocycles. The van der Waals surface area contributed by atoms with Gasteiger partial charge in [0.15, 0.2) is 0 Å². The van der Waals surface area contributed by atoms with Gasteiger partial charge in [-0.15, -0.1) is 23.7 Å². The maximum Gasteiger partial charge on any atom is 0.239 e. The fraction of sp³-hybridized carbons (Fsp3) is 0.500. The highest BCUT2D eigenvalue weighted by atomic mass is 35.5. The molecular weight excluding hydrogens is 286 g/mol. The molecule has 0 saturated heterocycles. The molecule has 4 N–H and O–H groups in total. The predicted molar refractivity (Wildman–Crippen MR) is 79.5 cm³/mol. The third-order valence-electron chi connectivity index (χ3n) is 2.41. The molecule has 0 radical (unpaired) electrons. The van der Waals surface area contributed by atoms with Crippen molar-refractivity contribution in [3.63, 3.8) is 0 Å². The van der Waals surface area contributed by atoms with E-state index in [1.807, 2.05) is 11.4 Å². The molecule has 108 valence electrons. The molecule has 2 amide bonds. The van der Waals surface area contributed by atoms with Crippen LogP contribution >= 0.6 is 23.7 Å². The lowest BCUT2D eigenvalue weighted by Gasteiger charge is -2.12. The molecule has 1 aromatic heterocycles. The highest BCUT2D eigenvalue weighted by Crippen LogP contribution is 2.13. The first-order valence-corrected chi connectivity index (χ1v) is 6.75. The van der Waals surface area contributed by atoms with Crippen LogP contribution < -0.4 is 16.4 Å². The summed E-state index contributed by atoms with van der Waals surface area (Å²) >= 11 is 1.72. The van der Waals surface area contributed by atoms with Crippen molar-refractivity contribution in [2.45, 2.75) is 13.3 Å². The Bertz CT molecular complexity index is 384. The van der Waals surface area contributed by atoms with Crippen molar-refractivity contribution in [2.24, 2.45) is 11.7 Å². The molecule has 1 rings (SSSR count). The number of thiophene rings is 1. The molecule has 0 fully saturated rings. The van der Waals surface area contributed by atoms with Crippen LogP contribution in [0.2, 0.25) is 0 Å². The van der Waals surface area contributed by atoms with Gasteiger partial charge in [-0.3, -0.25) is 9.59 Å². The van der Waals surface area contributed by atoms with Gasteiger partial charge in [-0.2, -0.15) is 0 Å². The maximum atomic E-state index is 11.4. The van der Waals surface area contributed by atoms with Crippen LogP contribution in [0.15, 0.2) is 17.5 Å². The highest BCUT2D eigenvalue weighted by molar-refractivity contribution is 7.09. The van der Waals surface area contributed by atoms with Crippen molar-refractivity contribution in [3.05, 3.63) is 22.4 Å². The van der Waals surface area contributed by atoms with Crippen molar-refractivity contribution in [1.82, 2.24) is 10.6 Å². The minimum atomic E-state index is -0.322. The van der Waals surface area contributed by atoms with Gasteiger partial charge in [0.05, 0.1) is 13.1 Å². The van der Waals surface area contributed by atoms with Crippen molar-refractivity contribution in [3.8, 4) is 0 Å². The zero-order valence-corrected chi connectivity index (χ0v) is 12.5. The van der Waals surface area contributed by atoms with Crippen LogP contribution in [0.5, 0.6) is 0 Å². The summed E-state index contributed by atoms with van der Waals surface area (Å²) in [6.07, 6.45) is 0.951. The minimum absolute atomic E-state index is 0. The Morgan fingerprint density at radius 2 is 2.11 bits per heavy atom. The van der Waals surface area contributed by atoms with Crippen LogP contribution in [0.1, 0.15) is 11.8 Å². The summed E-state index contributed by atoms with van der Waals surface area (Å²) in [4.78, 5) is 23.6. The summed E-state index contributed by atoms with van der Waals surface area (Å²) in [7, 11) is 0.